The smallest absolute Gasteiger partial charge is 0.269 e. The van der Waals surface area contributed by atoms with Gasteiger partial charge in [0, 0.05) is 36.5 Å². The van der Waals surface area contributed by atoms with Gasteiger partial charge in [0.25, 0.3) is 5.69 Å². The van der Waals surface area contributed by atoms with Crippen molar-refractivity contribution in [2.45, 2.75) is 33.1 Å². The molecular weight excluding hydrogens is 358 g/mol. The molecule has 0 unspecified atom stereocenters. The van der Waals surface area contributed by atoms with E-state index >= 15 is 0 Å². The summed E-state index contributed by atoms with van der Waals surface area (Å²) in [7, 11) is 0. The molecule has 7 heteroatoms. The van der Waals surface area contributed by atoms with E-state index in [1.165, 1.54) is 29.2 Å². The van der Waals surface area contributed by atoms with Crippen LogP contribution in [0.5, 0.6) is 0 Å². The number of nitro groups is 1. The first kappa shape index (κ1) is 19.5. The van der Waals surface area contributed by atoms with Crippen LogP contribution in [-0.4, -0.2) is 23.3 Å². The second-order valence-electron chi connectivity index (χ2n) is 6.83. The van der Waals surface area contributed by atoms with Gasteiger partial charge in [0.1, 0.15) is 0 Å². The van der Waals surface area contributed by atoms with Crippen LogP contribution in [0.3, 0.4) is 0 Å². The van der Waals surface area contributed by atoms with Gasteiger partial charge in [-0.15, -0.1) is 0 Å². The molecule has 0 spiro atoms. The molecule has 1 aliphatic heterocycles. The van der Waals surface area contributed by atoms with Crippen LogP contribution in [0, 0.1) is 16.0 Å². The zero-order valence-electron chi connectivity index (χ0n) is 16.0. The maximum Gasteiger partial charge on any atom is 0.269 e. The molecule has 2 aromatic carbocycles. The number of anilines is 2. The highest BCUT2D eigenvalue weighted by Gasteiger charge is 2.35. The SMILES string of the molecule is CCc1cccc(CC)c1NC(=O)[C@H]1CC(=O)N(c2ccc([N+](=O)[O-])cc2)C1. The van der Waals surface area contributed by atoms with Crippen molar-refractivity contribution < 1.29 is 14.5 Å². The molecule has 0 aliphatic carbocycles. The molecule has 28 heavy (non-hydrogen) atoms. The van der Waals surface area contributed by atoms with Crippen molar-refractivity contribution in [2.24, 2.45) is 5.92 Å². The van der Waals surface area contributed by atoms with E-state index in [2.05, 4.69) is 5.32 Å². The molecule has 1 saturated heterocycles. The number of para-hydroxylation sites is 1. The fourth-order valence-corrected chi connectivity index (χ4v) is 3.52. The third kappa shape index (κ3) is 3.88. The molecule has 0 radical (unpaired) electrons. The van der Waals surface area contributed by atoms with E-state index in [0.29, 0.717) is 5.69 Å². The zero-order valence-corrected chi connectivity index (χ0v) is 16.0. The summed E-state index contributed by atoms with van der Waals surface area (Å²) in [5.74, 6) is -0.792. The fraction of sp³-hybridized carbons (Fsp3) is 0.333. The highest BCUT2D eigenvalue weighted by molar-refractivity contribution is 6.04. The molecule has 0 aromatic heterocycles. The minimum absolute atomic E-state index is 0.0343. The summed E-state index contributed by atoms with van der Waals surface area (Å²) in [5.41, 5.74) is 3.52. The lowest BCUT2D eigenvalue weighted by Crippen LogP contribution is -2.28. The van der Waals surface area contributed by atoms with Gasteiger partial charge < -0.3 is 10.2 Å². The molecule has 1 heterocycles. The van der Waals surface area contributed by atoms with Gasteiger partial charge >= 0.3 is 0 Å². The Bertz CT molecular complexity index is 886. The van der Waals surface area contributed by atoms with Crippen LogP contribution in [0.1, 0.15) is 31.4 Å². The fourth-order valence-electron chi connectivity index (χ4n) is 3.52. The van der Waals surface area contributed by atoms with Crippen molar-refractivity contribution in [1.82, 2.24) is 0 Å². The monoisotopic (exact) mass is 381 g/mol. The maximum absolute atomic E-state index is 12.8. The van der Waals surface area contributed by atoms with Crippen LogP contribution in [0.4, 0.5) is 17.1 Å². The van der Waals surface area contributed by atoms with E-state index in [4.69, 9.17) is 0 Å². The Morgan fingerprint density at radius 3 is 2.29 bits per heavy atom. The number of amides is 2. The van der Waals surface area contributed by atoms with Crippen molar-refractivity contribution in [3.63, 3.8) is 0 Å². The topological polar surface area (TPSA) is 92.6 Å². The van der Waals surface area contributed by atoms with E-state index in [-0.39, 0.29) is 30.5 Å². The Balaban J connectivity index is 1.75. The summed E-state index contributed by atoms with van der Waals surface area (Å²) in [5, 5.41) is 13.8. The molecule has 146 valence electrons. The van der Waals surface area contributed by atoms with Gasteiger partial charge in [0.15, 0.2) is 0 Å². The number of non-ortho nitro benzene ring substituents is 1. The molecule has 1 N–H and O–H groups in total. The zero-order chi connectivity index (χ0) is 20.3. The van der Waals surface area contributed by atoms with Crippen molar-refractivity contribution >= 4 is 28.9 Å². The Labute approximate surface area is 163 Å². The first-order valence-corrected chi connectivity index (χ1v) is 9.41. The normalized spacial score (nSPS) is 16.3. The Morgan fingerprint density at radius 2 is 1.75 bits per heavy atom. The van der Waals surface area contributed by atoms with Gasteiger partial charge in [-0.3, -0.25) is 19.7 Å². The lowest BCUT2D eigenvalue weighted by Gasteiger charge is -2.18. The largest absolute Gasteiger partial charge is 0.325 e. The van der Waals surface area contributed by atoms with E-state index in [1.807, 2.05) is 32.0 Å². The number of rotatable bonds is 6. The molecule has 0 saturated carbocycles. The van der Waals surface area contributed by atoms with Crippen LogP contribution in [0.2, 0.25) is 0 Å². The van der Waals surface area contributed by atoms with Crippen LogP contribution in [0.25, 0.3) is 0 Å². The number of carbonyl (C=O) groups excluding carboxylic acids is 2. The summed E-state index contributed by atoms with van der Waals surface area (Å²) < 4.78 is 0. The number of nitrogens with zero attached hydrogens (tertiary/aromatic N) is 2. The molecule has 2 amide bonds. The lowest BCUT2D eigenvalue weighted by atomic mass is 10.0. The Morgan fingerprint density at radius 1 is 1.14 bits per heavy atom. The number of aryl methyl sites for hydroxylation is 2. The van der Waals surface area contributed by atoms with Gasteiger partial charge in [0.2, 0.25) is 11.8 Å². The predicted molar refractivity (Wildman–Crippen MR) is 107 cm³/mol. The third-order valence-corrected chi connectivity index (χ3v) is 5.12. The number of hydrogen-bond acceptors (Lipinski definition) is 4. The summed E-state index contributed by atoms with van der Waals surface area (Å²) in [6.45, 7) is 4.35. The standard InChI is InChI=1S/C21H23N3O4/c1-3-14-6-5-7-15(4-2)20(14)22-21(26)16-12-19(25)23(13-16)17-8-10-18(11-9-17)24(27)28/h5-11,16H,3-4,12-13H2,1-2H3,(H,22,26)/t16-/m0/s1. The van der Waals surface area contributed by atoms with Crippen LogP contribution >= 0.6 is 0 Å². The molecule has 0 bridgehead atoms. The Kier molecular flexibility index (Phi) is 5.73. The van der Waals surface area contributed by atoms with E-state index in [9.17, 15) is 19.7 Å². The van der Waals surface area contributed by atoms with Crippen molar-refractivity contribution in [3.05, 3.63) is 63.7 Å². The molecule has 1 atom stereocenters. The van der Waals surface area contributed by atoms with Crippen molar-refractivity contribution in [1.29, 1.82) is 0 Å². The first-order valence-electron chi connectivity index (χ1n) is 9.41. The van der Waals surface area contributed by atoms with Gasteiger partial charge in [-0.05, 0) is 36.1 Å². The molecule has 1 aliphatic rings. The van der Waals surface area contributed by atoms with Crippen LogP contribution < -0.4 is 10.2 Å². The molecule has 3 rings (SSSR count). The average Bonchev–Trinajstić information content (AvgIpc) is 3.10. The molecule has 1 fully saturated rings. The van der Waals surface area contributed by atoms with Crippen molar-refractivity contribution in [3.8, 4) is 0 Å². The van der Waals surface area contributed by atoms with Crippen LogP contribution in [0.15, 0.2) is 42.5 Å². The highest BCUT2D eigenvalue weighted by Crippen LogP contribution is 2.29. The second-order valence-corrected chi connectivity index (χ2v) is 6.83. The number of hydrogen-bond donors (Lipinski definition) is 1. The van der Waals surface area contributed by atoms with Gasteiger partial charge in [-0.25, -0.2) is 0 Å². The number of nitro benzene ring substituents is 1. The van der Waals surface area contributed by atoms with E-state index < -0.39 is 10.8 Å². The summed E-state index contributed by atoms with van der Waals surface area (Å²) in [6.07, 6.45) is 1.74. The maximum atomic E-state index is 12.8. The van der Waals surface area contributed by atoms with Gasteiger partial charge in [-0.1, -0.05) is 32.0 Å². The number of benzene rings is 2. The van der Waals surface area contributed by atoms with Crippen LogP contribution in [-0.2, 0) is 22.4 Å². The minimum Gasteiger partial charge on any atom is -0.325 e. The third-order valence-electron chi connectivity index (χ3n) is 5.12. The number of carbonyl (C=O) groups is 2. The summed E-state index contributed by atoms with van der Waals surface area (Å²) in [6, 6.07) is 11.8. The first-order chi connectivity index (χ1) is 13.4. The second kappa shape index (κ2) is 8.21. The van der Waals surface area contributed by atoms with Crippen molar-refractivity contribution in [2.75, 3.05) is 16.8 Å². The highest BCUT2D eigenvalue weighted by atomic mass is 16.6. The summed E-state index contributed by atoms with van der Waals surface area (Å²) >= 11 is 0. The minimum atomic E-state index is -0.484. The molecule has 2 aromatic rings. The summed E-state index contributed by atoms with van der Waals surface area (Å²) in [4.78, 5) is 37.1. The van der Waals surface area contributed by atoms with Gasteiger partial charge in [-0.2, -0.15) is 0 Å². The predicted octanol–water partition coefficient (Wildman–Crippen LogP) is 3.71. The quantitative estimate of drug-likeness (QED) is 0.610. The lowest BCUT2D eigenvalue weighted by molar-refractivity contribution is -0.384. The molecule has 7 nitrogen and oxygen atoms in total. The Hall–Kier alpha value is -3.22. The average molecular weight is 381 g/mol. The molecular formula is C21H23N3O4. The van der Waals surface area contributed by atoms with E-state index in [0.717, 1.165) is 29.7 Å². The van der Waals surface area contributed by atoms with Gasteiger partial charge in [0.05, 0.1) is 10.8 Å². The van der Waals surface area contributed by atoms with E-state index in [1.54, 1.807) is 0 Å². The number of nitrogens with one attached hydrogen (secondary N) is 1.